The van der Waals surface area contributed by atoms with Crippen molar-refractivity contribution in [3.63, 3.8) is 0 Å². The number of allylic oxidation sites excluding steroid dienone is 3. The van der Waals surface area contributed by atoms with E-state index >= 15 is 0 Å². The zero-order chi connectivity index (χ0) is 25.8. The number of aryl methyl sites for hydroxylation is 3. The zero-order valence-corrected chi connectivity index (χ0v) is 24.3. The molecule has 6 rings (SSSR count). The van der Waals surface area contributed by atoms with Crippen LogP contribution in [0.3, 0.4) is 0 Å². The van der Waals surface area contributed by atoms with Crippen molar-refractivity contribution in [3.05, 3.63) is 121 Å². The number of benzene rings is 3. The van der Waals surface area contributed by atoms with E-state index in [-0.39, 0.29) is 0 Å². The summed E-state index contributed by atoms with van der Waals surface area (Å²) >= 11 is 0. The predicted octanol–water partition coefficient (Wildman–Crippen LogP) is 9.75. The van der Waals surface area contributed by atoms with Gasteiger partial charge in [0.15, 0.2) is 0 Å². The third-order valence-electron chi connectivity index (χ3n) is 8.78. The molecule has 3 aliphatic rings. The van der Waals surface area contributed by atoms with Crippen LogP contribution in [0.4, 0.5) is 0 Å². The Morgan fingerprint density at radius 3 is 1.56 bits per heavy atom. The van der Waals surface area contributed by atoms with Crippen LogP contribution in [0.15, 0.2) is 71.3 Å². The van der Waals surface area contributed by atoms with Gasteiger partial charge >= 0.3 is 0 Å². The normalized spacial score (nSPS) is 19.5. The van der Waals surface area contributed by atoms with Crippen LogP contribution in [0, 0.1) is 20.8 Å². The molecule has 3 aliphatic carbocycles. The number of fused-ring (bicyclic) bond motifs is 3. The average molecular weight is 489 g/mol. The van der Waals surface area contributed by atoms with E-state index in [1.807, 2.05) is 0 Å². The van der Waals surface area contributed by atoms with Gasteiger partial charge in [0, 0.05) is 11.1 Å². The van der Waals surface area contributed by atoms with Crippen LogP contribution in [-0.4, -0.2) is 8.07 Å². The molecule has 0 aromatic heterocycles. The monoisotopic (exact) mass is 488 g/mol. The van der Waals surface area contributed by atoms with E-state index in [4.69, 9.17) is 0 Å². The molecule has 0 bridgehead atoms. The molecular weight excluding hydrogens is 448 g/mol. The molecule has 0 amide bonds. The van der Waals surface area contributed by atoms with Crippen LogP contribution < -0.4 is 0 Å². The van der Waals surface area contributed by atoms with Gasteiger partial charge in [-0.3, -0.25) is 0 Å². The molecule has 2 unspecified atom stereocenters. The Hall–Kier alpha value is -2.90. The van der Waals surface area contributed by atoms with Crippen molar-refractivity contribution in [1.82, 2.24) is 0 Å². The van der Waals surface area contributed by atoms with Crippen molar-refractivity contribution in [2.75, 3.05) is 0 Å². The second-order valence-corrected chi connectivity index (χ2v) is 16.7. The highest BCUT2D eigenvalue weighted by molar-refractivity contribution is 6.81. The quantitative estimate of drug-likeness (QED) is 0.315. The van der Waals surface area contributed by atoms with Gasteiger partial charge in [-0.15, -0.1) is 0 Å². The standard InChI is InChI=1S/C24H28Si.C11H12/c1-15-9-7-11-19-21(15)13-17(3)23(19)25(5,6)24-18(4)14-22-16(2)10-8-12-20(22)24;1-8-6-10-5-3-4-9(2)11(10)7-8/h7-14,23-24H,1-6H3;3-6H,7H2,1-2H3. The average Bonchev–Trinajstić information content (AvgIpc) is 3.48. The van der Waals surface area contributed by atoms with Crippen molar-refractivity contribution < 1.29 is 0 Å². The summed E-state index contributed by atoms with van der Waals surface area (Å²) in [6.45, 7) is 18.8. The van der Waals surface area contributed by atoms with Crippen molar-refractivity contribution in [1.29, 1.82) is 0 Å². The fourth-order valence-corrected chi connectivity index (χ4v) is 12.2. The van der Waals surface area contributed by atoms with Crippen LogP contribution in [0.1, 0.15) is 81.9 Å². The molecule has 0 saturated heterocycles. The second kappa shape index (κ2) is 9.20. The summed E-state index contributed by atoms with van der Waals surface area (Å²) in [5.41, 5.74) is 19.1. The largest absolute Gasteiger partial charge is 0.0722 e. The third kappa shape index (κ3) is 4.08. The molecule has 0 spiro atoms. The van der Waals surface area contributed by atoms with Gasteiger partial charge in [0.2, 0.25) is 0 Å². The Morgan fingerprint density at radius 1 is 0.583 bits per heavy atom. The van der Waals surface area contributed by atoms with Gasteiger partial charge in [0.25, 0.3) is 0 Å². The topological polar surface area (TPSA) is 0 Å². The first-order valence-electron chi connectivity index (χ1n) is 13.4. The third-order valence-corrected chi connectivity index (χ3v) is 13.3. The fraction of sp³-hybridized carbons (Fsp3) is 0.314. The molecule has 2 atom stereocenters. The molecule has 184 valence electrons. The van der Waals surface area contributed by atoms with Gasteiger partial charge in [0.05, 0.1) is 8.07 Å². The molecule has 0 aliphatic heterocycles. The molecule has 0 saturated carbocycles. The smallest absolute Gasteiger partial charge is 0.0683 e. The first-order chi connectivity index (χ1) is 17.1. The molecule has 3 aromatic rings. The van der Waals surface area contributed by atoms with Crippen molar-refractivity contribution in [2.24, 2.45) is 0 Å². The molecule has 36 heavy (non-hydrogen) atoms. The minimum atomic E-state index is -1.65. The zero-order valence-electron chi connectivity index (χ0n) is 23.3. The summed E-state index contributed by atoms with van der Waals surface area (Å²) in [5.74, 6) is 0. The lowest BCUT2D eigenvalue weighted by atomic mass is 10.0. The molecule has 0 nitrogen and oxygen atoms in total. The van der Waals surface area contributed by atoms with Gasteiger partial charge in [0.1, 0.15) is 0 Å². The number of rotatable bonds is 2. The molecule has 0 fully saturated rings. The summed E-state index contributed by atoms with van der Waals surface area (Å²) in [5, 5.41) is 0. The maximum Gasteiger partial charge on any atom is 0.0722 e. The Bertz CT molecular complexity index is 1370. The van der Waals surface area contributed by atoms with E-state index in [2.05, 4.69) is 127 Å². The molecule has 0 radical (unpaired) electrons. The van der Waals surface area contributed by atoms with Gasteiger partial charge in [-0.2, -0.15) is 0 Å². The van der Waals surface area contributed by atoms with Gasteiger partial charge in [-0.25, -0.2) is 0 Å². The van der Waals surface area contributed by atoms with Crippen LogP contribution in [0.2, 0.25) is 13.1 Å². The molecule has 1 heteroatoms. The fourth-order valence-electron chi connectivity index (χ4n) is 7.26. The first kappa shape index (κ1) is 24.8. The summed E-state index contributed by atoms with van der Waals surface area (Å²) in [6.07, 6.45) is 8.34. The second-order valence-electron chi connectivity index (χ2n) is 11.9. The maximum atomic E-state index is 2.60. The molecular formula is C35H40Si. The van der Waals surface area contributed by atoms with Crippen LogP contribution in [0.25, 0.3) is 18.2 Å². The molecule has 0 N–H and O–H groups in total. The lowest BCUT2D eigenvalue weighted by Crippen LogP contribution is -2.42. The van der Waals surface area contributed by atoms with E-state index in [0.29, 0.717) is 11.1 Å². The SMILES string of the molecule is CC1=Cc2c(C)cccc2C1[Si](C)(C)C1C(C)=Cc2c(C)cccc21.CC1=Cc2cccc(C)c2C1. The molecule has 0 heterocycles. The van der Waals surface area contributed by atoms with E-state index in [0.717, 1.165) is 6.42 Å². The van der Waals surface area contributed by atoms with Crippen LogP contribution >= 0.6 is 0 Å². The summed E-state index contributed by atoms with van der Waals surface area (Å²) < 4.78 is 0. The summed E-state index contributed by atoms with van der Waals surface area (Å²) in [6, 6.07) is 20.2. The highest BCUT2D eigenvalue weighted by Crippen LogP contribution is 2.52. The molecule has 3 aromatic carbocycles. The summed E-state index contributed by atoms with van der Waals surface area (Å²) in [7, 11) is -1.65. The van der Waals surface area contributed by atoms with E-state index in [1.54, 1.807) is 22.3 Å². The van der Waals surface area contributed by atoms with E-state index in [9.17, 15) is 0 Å². The maximum absolute atomic E-state index is 2.60. The highest BCUT2D eigenvalue weighted by Gasteiger charge is 2.46. The highest BCUT2D eigenvalue weighted by atomic mass is 28.3. The van der Waals surface area contributed by atoms with Crippen LogP contribution in [0.5, 0.6) is 0 Å². The number of hydrogen-bond donors (Lipinski definition) is 0. The van der Waals surface area contributed by atoms with Crippen LogP contribution in [-0.2, 0) is 6.42 Å². The summed E-state index contributed by atoms with van der Waals surface area (Å²) in [4.78, 5) is 0. The predicted molar refractivity (Wildman–Crippen MR) is 161 cm³/mol. The lowest BCUT2D eigenvalue weighted by Gasteiger charge is -2.39. The Balaban J connectivity index is 0.000000202. The van der Waals surface area contributed by atoms with Crippen molar-refractivity contribution in [3.8, 4) is 0 Å². The Labute approximate surface area is 219 Å². The first-order valence-corrected chi connectivity index (χ1v) is 16.6. The van der Waals surface area contributed by atoms with Crippen molar-refractivity contribution >= 4 is 26.3 Å². The number of hydrogen-bond acceptors (Lipinski definition) is 0. The van der Waals surface area contributed by atoms with Crippen molar-refractivity contribution in [2.45, 2.75) is 72.1 Å². The van der Waals surface area contributed by atoms with E-state index < -0.39 is 8.07 Å². The minimum Gasteiger partial charge on any atom is -0.0683 e. The lowest BCUT2D eigenvalue weighted by molar-refractivity contribution is 0.966. The van der Waals surface area contributed by atoms with Gasteiger partial charge in [-0.1, -0.05) is 103 Å². The van der Waals surface area contributed by atoms with E-state index in [1.165, 1.54) is 44.5 Å². The van der Waals surface area contributed by atoms with Gasteiger partial charge in [-0.05, 0) is 98.0 Å². The van der Waals surface area contributed by atoms with Gasteiger partial charge < -0.3 is 0 Å². The Morgan fingerprint density at radius 2 is 1.06 bits per heavy atom. The Kier molecular flexibility index (Phi) is 6.33. The minimum absolute atomic E-state index is 0.613.